The van der Waals surface area contributed by atoms with Crippen molar-refractivity contribution in [2.24, 2.45) is 0 Å². The summed E-state index contributed by atoms with van der Waals surface area (Å²) in [7, 11) is 0. The van der Waals surface area contributed by atoms with Gasteiger partial charge in [-0.2, -0.15) is 10.5 Å². The van der Waals surface area contributed by atoms with Gasteiger partial charge in [0.1, 0.15) is 23.3 Å². The van der Waals surface area contributed by atoms with Crippen LogP contribution in [0.1, 0.15) is 109 Å². The van der Waals surface area contributed by atoms with Gasteiger partial charge in [0.25, 0.3) is 0 Å². The average molecular weight is 920 g/mol. The summed E-state index contributed by atoms with van der Waals surface area (Å²) >= 11 is 3.45. The molecule has 67 heavy (non-hydrogen) atoms. The van der Waals surface area contributed by atoms with Crippen LogP contribution in [0.4, 0.5) is 17.1 Å². The minimum atomic E-state index is -1.24. The van der Waals surface area contributed by atoms with Crippen molar-refractivity contribution in [2.45, 2.75) is 77.6 Å². The molecule has 0 aliphatic heterocycles. The quantitative estimate of drug-likeness (QED) is 0.0394. The number of rotatable bonds is 22. The number of aryl methyl sites for hydroxylation is 1. The summed E-state index contributed by atoms with van der Waals surface area (Å²) in [6.45, 7) is 2.27. The molecule has 0 saturated carbocycles. The van der Waals surface area contributed by atoms with Gasteiger partial charge < -0.3 is 15.1 Å². The van der Waals surface area contributed by atoms with E-state index in [0.717, 1.165) is 55.1 Å². The molecule has 2 N–H and O–H groups in total. The zero-order chi connectivity index (χ0) is 47.0. The standard InChI is InChI=1S/C58H53N3O4S2/c1-2-3-4-5-6-7-8-9-10-11-12-41-21-27-50(28-22-41)61(51-29-25-46-35-53(66-55(46)37-51)31-23-42-13-17-44(18-14-42)33-48(39-59)57(62)63)52-30-26-47-36-54(67-56(47)38-52)32-24-43-15-19-45(20-16-43)34-49(40-60)58(64)65/h13-38H,2-12H2,1H3,(H,62,63)(H,64,65). The minimum absolute atomic E-state index is 0.304. The number of carboxylic acid groups (broad SMARTS) is 2. The van der Waals surface area contributed by atoms with E-state index in [4.69, 9.17) is 10.5 Å². The molecule has 0 aliphatic rings. The molecule has 0 fully saturated rings. The van der Waals surface area contributed by atoms with Crippen LogP contribution in [0, 0.1) is 22.7 Å². The van der Waals surface area contributed by atoms with Gasteiger partial charge in [-0.3, -0.25) is 0 Å². The van der Waals surface area contributed by atoms with E-state index < -0.39 is 11.9 Å². The maximum absolute atomic E-state index is 11.3. The first-order valence-corrected chi connectivity index (χ1v) is 24.6. The van der Waals surface area contributed by atoms with Crippen LogP contribution in [0.3, 0.4) is 0 Å². The molecular formula is C58H53N3O4S2. The Balaban J connectivity index is 1.11. The number of hydrogen-bond acceptors (Lipinski definition) is 7. The van der Waals surface area contributed by atoms with Crippen LogP contribution in [0.15, 0.2) is 132 Å². The smallest absolute Gasteiger partial charge is 0.346 e. The molecule has 0 radical (unpaired) electrons. The Bertz CT molecular complexity index is 2860. The summed E-state index contributed by atoms with van der Waals surface area (Å²) in [4.78, 5) is 27.1. The maximum Gasteiger partial charge on any atom is 0.346 e. The van der Waals surface area contributed by atoms with E-state index in [9.17, 15) is 19.8 Å². The van der Waals surface area contributed by atoms with Gasteiger partial charge >= 0.3 is 11.9 Å². The number of hydrogen-bond donors (Lipinski definition) is 2. The highest BCUT2D eigenvalue weighted by molar-refractivity contribution is 7.20. The van der Waals surface area contributed by atoms with E-state index in [1.165, 1.54) is 91.3 Å². The number of anilines is 3. The van der Waals surface area contributed by atoms with Crippen molar-refractivity contribution < 1.29 is 19.8 Å². The number of nitrogens with zero attached hydrogens (tertiary/aromatic N) is 3. The lowest BCUT2D eigenvalue weighted by Gasteiger charge is -2.26. The van der Waals surface area contributed by atoms with Crippen molar-refractivity contribution in [3.63, 3.8) is 0 Å². The molecule has 0 spiro atoms. The van der Waals surface area contributed by atoms with Crippen molar-refractivity contribution in [3.8, 4) is 12.1 Å². The van der Waals surface area contributed by atoms with E-state index in [1.807, 2.05) is 60.7 Å². The summed E-state index contributed by atoms with van der Waals surface area (Å²) in [5.74, 6) is -2.49. The van der Waals surface area contributed by atoms with Crippen LogP contribution < -0.4 is 4.90 Å². The molecule has 0 aliphatic carbocycles. The maximum atomic E-state index is 11.3. The van der Waals surface area contributed by atoms with Crippen molar-refractivity contribution >= 4 is 108 Å². The largest absolute Gasteiger partial charge is 0.477 e. The van der Waals surface area contributed by atoms with Gasteiger partial charge in [0.05, 0.1) is 0 Å². The molecule has 7 aromatic rings. The lowest BCUT2D eigenvalue weighted by Crippen LogP contribution is -2.09. The predicted molar refractivity (Wildman–Crippen MR) is 281 cm³/mol. The first-order chi connectivity index (χ1) is 32.7. The van der Waals surface area contributed by atoms with Crippen LogP contribution >= 0.6 is 22.7 Å². The minimum Gasteiger partial charge on any atom is -0.477 e. The number of carbonyl (C=O) groups is 2. The second-order valence-electron chi connectivity index (χ2n) is 16.6. The third-order valence-electron chi connectivity index (χ3n) is 11.7. The normalized spacial score (nSPS) is 12.0. The highest BCUT2D eigenvalue weighted by atomic mass is 32.1. The van der Waals surface area contributed by atoms with Gasteiger partial charge in [0, 0.05) is 36.2 Å². The summed E-state index contributed by atoms with van der Waals surface area (Å²) in [6, 6.07) is 45.0. The van der Waals surface area contributed by atoms with Crippen LogP contribution in [0.2, 0.25) is 0 Å². The highest BCUT2D eigenvalue weighted by Crippen LogP contribution is 2.41. The van der Waals surface area contributed by atoms with E-state index >= 15 is 0 Å². The van der Waals surface area contributed by atoms with Gasteiger partial charge in [-0.1, -0.05) is 150 Å². The van der Waals surface area contributed by atoms with Crippen LogP contribution in [-0.4, -0.2) is 22.2 Å². The van der Waals surface area contributed by atoms with E-state index in [1.54, 1.807) is 34.8 Å². The summed E-state index contributed by atoms with van der Waals surface area (Å²) in [5, 5.41) is 39.0. The SMILES string of the molecule is CCCCCCCCCCCCc1ccc(N(c2ccc3cc(C=Cc4ccc(C=C(C#N)C(=O)O)cc4)sc3c2)c2ccc3cc(C=Cc4ccc(C=C(C#N)C(=O)O)cc4)sc3c2)cc1. The van der Waals surface area contributed by atoms with Gasteiger partial charge in [0.15, 0.2) is 0 Å². The number of unbranched alkanes of at least 4 members (excludes halogenated alkanes) is 9. The Morgan fingerprint density at radius 2 is 0.910 bits per heavy atom. The number of nitriles is 2. The fourth-order valence-corrected chi connectivity index (χ4v) is 9.98. The number of fused-ring (bicyclic) bond motifs is 2. The summed E-state index contributed by atoms with van der Waals surface area (Å²) < 4.78 is 2.33. The molecule has 336 valence electrons. The van der Waals surface area contributed by atoms with Crippen LogP contribution in [0.25, 0.3) is 56.6 Å². The third-order valence-corrected chi connectivity index (χ3v) is 13.8. The predicted octanol–water partition coefficient (Wildman–Crippen LogP) is 16.4. The monoisotopic (exact) mass is 919 g/mol. The zero-order valence-corrected chi connectivity index (χ0v) is 39.3. The van der Waals surface area contributed by atoms with Gasteiger partial charge in [0.2, 0.25) is 0 Å². The zero-order valence-electron chi connectivity index (χ0n) is 37.7. The molecule has 7 nitrogen and oxygen atoms in total. The fraction of sp³-hybridized carbons (Fsp3) is 0.207. The van der Waals surface area contributed by atoms with E-state index in [2.05, 4.69) is 96.8 Å². The van der Waals surface area contributed by atoms with Crippen LogP contribution in [0.5, 0.6) is 0 Å². The Labute approximate surface area is 401 Å². The van der Waals surface area contributed by atoms with Crippen molar-refractivity contribution in [1.82, 2.24) is 0 Å². The van der Waals surface area contributed by atoms with E-state index in [0.29, 0.717) is 11.1 Å². The topological polar surface area (TPSA) is 125 Å². The Hall–Kier alpha value is -7.30. The first kappa shape index (κ1) is 47.7. The second kappa shape index (κ2) is 23.8. The van der Waals surface area contributed by atoms with Gasteiger partial charge in [-0.25, -0.2) is 9.59 Å². The third kappa shape index (κ3) is 13.4. The number of carboxylic acids is 2. The second-order valence-corrected chi connectivity index (χ2v) is 18.9. The van der Waals surface area contributed by atoms with Crippen molar-refractivity contribution in [2.75, 3.05) is 4.90 Å². The molecule has 2 aromatic heterocycles. The Morgan fingerprint density at radius 1 is 0.507 bits per heavy atom. The summed E-state index contributed by atoms with van der Waals surface area (Å²) in [6.07, 6.45) is 25.3. The molecule has 0 atom stereocenters. The number of aliphatic carboxylic acids is 2. The molecule has 0 bridgehead atoms. The Kier molecular flexibility index (Phi) is 16.9. The van der Waals surface area contributed by atoms with E-state index in [-0.39, 0.29) is 11.1 Å². The van der Waals surface area contributed by atoms with Crippen molar-refractivity contribution in [1.29, 1.82) is 10.5 Å². The van der Waals surface area contributed by atoms with Crippen LogP contribution in [-0.2, 0) is 16.0 Å². The first-order valence-electron chi connectivity index (χ1n) is 22.9. The molecule has 5 aromatic carbocycles. The highest BCUT2D eigenvalue weighted by Gasteiger charge is 2.16. The number of thiophene rings is 2. The number of benzene rings is 5. The molecule has 2 heterocycles. The lowest BCUT2D eigenvalue weighted by atomic mass is 10.0. The Morgan fingerprint density at radius 3 is 1.33 bits per heavy atom. The molecule has 0 saturated heterocycles. The molecule has 0 amide bonds. The lowest BCUT2D eigenvalue weighted by molar-refractivity contribution is -0.133. The average Bonchev–Trinajstić information content (AvgIpc) is 3.96. The van der Waals surface area contributed by atoms with Gasteiger partial charge in [-0.05, 0) is 124 Å². The van der Waals surface area contributed by atoms with Gasteiger partial charge in [-0.15, -0.1) is 22.7 Å². The fourth-order valence-electron chi connectivity index (χ4n) is 7.98. The molecular weight excluding hydrogens is 867 g/mol. The molecule has 9 heteroatoms. The summed E-state index contributed by atoms with van der Waals surface area (Å²) in [5.41, 5.74) is 7.20. The molecule has 7 rings (SSSR count). The van der Waals surface area contributed by atoms with Crippen molar-refractivity contribution in [3.05, 3.63) is 170 Å². The molecule has 0 unspecified atom stereocenters.